The van der Waals surface area contributed by atoms with E-state index in [1.165, 1.54) is 0 Å². The monoisotopic (exact) mass is 305 g/mol. The third-order valence-electron chi connectivity index (χ3n) is 2.67. The summed E-state index contributed by atoms with van der Waals surface area (Å²) in [5.41, 5.74) is 6.85. The molecule has 0 saturated carbocycles. The van der Waals surface area contributed by atoms with Crippen molar-refractivity contribution in [2.75, 3.05) is 0 Å². The molecule has 0 aliphatic rings. The van der Waals surface area contributed by atoms with Crippen molar-refractivity contribution >= 4 is 29.7 Å². The van der Waals surface area contributed by atoms with Crippen LogP contribution in [0.1, 0.15) is 51.2 Å². The van der Waals surface area contributed by atoms with Crippen molar-refractivity contribution in [1.82, 2.24) is 10.3 Å². The van der Waals surface area contributed by atoms with Gasteiger partial charge in [0.05, 0.1) is 18.3 Å². The lowest BCUT2D eigenvalue weighted by Gasteiger charge is -2.14. The molecule has 1 unspecified atom stereocenters. The molecule has 0 bridgehead atoms. The molecular weight excluding hydrogens is 282 g/mol. The molecule has 1 aromatic heterocycles. The lowest BCUT2D eigenvalue weighted by molar-refractivity contribution is -0.122. The summed E-state index contributed by atoms with van der Waals surface area (Å²) in [7, 11) is 0. The topological polar surface area (TPSA) is 68.0 Å². The molecule has 1 atom stereocenters. The van der Waals surface area contributed by atoms with Gasteiger partial charge in [0, 0.05) is 10.8 Å². The smallest absolute Gasteiger partial charge is 0.237 e. The van der Waals surface area contributed by atoms with Crippen LogP contribution in [0.25, 0.3) is 0 Å². The Bertz CT molecular complexity index is 401. The van der Waals surface area contributed by atoms with Gasteiger partial charge in [-0.2, -0.15) is 0 Å². The Morgan fingerprint density at radius 3 is 2.63 bits per heavy atom. The molecular formula is C13H24ClN3OS. The normalized spacial score (nSPS) is 12.7. The van der Waals surface area contributed by atoms with Crippen LogP contribution in [-0.2, 0) is 16.8 Å². The minimum Gasteiger partial charge on any atom is -0.348 e. The van der Waals surface area contributed by atoms with Gasteiger partial charge >= 0.3 is 0 Å². The van der Waals surface area contributed by atoms with Gasteiger partial charge in [-0.15, -0.1) is 23.7 Å². The van der Waals surface area contributed by atoms with E-state index in [1.807, 2.05) is 12.3 Å². The number of nitrogens with two attached hydrogens (primary N) is 1. The molecule has 3 N–H and O–H groups in total. The highest BCUT2D eigenvalue weighted by atomic mass is 35.5. The largest absolute Gasteiger partial charge is 0.348 e. The second-order valence-corrected chi connectivity index (χ2v) is 6.43. The summed E-state index contributed by atoms with van der Waals surface area (Å²) in [5.74, 6) is -0.0932. The van der Waals surface area contributed by atoms with Crippen molar-refractivity contribution in [3.63, 3.8) is 0 Å². The van der Waals surface area contributed by atoms with Gasteiger partial charge < -0.3 is 11.1 Å². The molecule has 4 nitrogen and oxygen atoms in total. The molecule has 0 aliphatic carbocycles. The molecule has 1 aromatic rings. The third-order valence-corrected chi connectivity index (χ3v) is 3.52. The number of aromatic nitrogens is 1. The zero-order chi connectivity index (χ0) is 13.8. The van der Waals surface area contributed by atoms with Gasteiger partial charge in [-0.05, 0) is 6.42 Å². The van der Waals surface area contributed by atoms with E-state index in [-0.39, 0.29) is 23.7 Å². The number of rotatable bonds is 5. The zero-order valence-electron chi connectivity index (χ0n) is 12.0. The van der Waals surface area contributed by atoms with Gasteiger partial charge in [-0.1, -0.05) is 34.1 Å². The van der Waals surface area contributed by atoms with Crippen LogP contribution >= 0.6 is 23.7 Å². The summed E-state index contributed by atoms with van der Waals surface area (Å²) in [6.45, 7) is 8.87. The molecule has 0 aliphatic heterocycles. The standard InChI is InChI=1S/C13H23N3OS.ClH/c1-5-6-9(14)12(17)15-7-11-16-10(8-18-11)13(2,3)4;/h8-9H,5-7,14H2,1-4H3,(H,15,17);1H. The molecule has 19 heavy (non-hydrogen) atoms. The van der Waals surface area contributed by atoms with Gasteiger partial charge in [-0.3, -0.25) is 4.79 Å². The Morgan fingerprint density at radius 2 is 2.16 bits per heavy atom. The highest BCUT2D eigenvalue weighted by Gasteiger charge is 2.18. The van der Waals surface area contributed by atoms with Crippen molar-refractivity contribution < 1.29 is 4.79 Å². The fraction of sp³-hybridized carbons (Fsp3) is 0.692. The summed E-state index contributed by atoms with van der Waals surface area (Å²) in [5, 5.41) is 5.81. The van der Waals surface area contributed by atoms with Gasteiger partial charge in [0.15, 0.2) is 0 Å². The number of thiazole rings is 1. The highest BCUT2D eigenvalue weighted by Crippen LogP contribution is 2.23. The lowest BCUT2D eigenvalue weighted by atomic mass is 9.93. The van der Waals surface area contributed by atoms with Crippen molar-refractivity contribution in [2.24, 2.45) is 5.73 Å². The van der Waals surface area contributed by atoms with E-state index >= 15 is 0 Å². The Balaban J connectivity index is 0.00000324. The number of carbonyl (C=O) groups excluding carboxylic acids is 1. The average Bonchev–Trinajstić information content (AvgIpc) is 2.74. The van der Waals surface area contributed by atoms with Crippen LogP contribution in [0.3, 0.4) is 0 Å². The van der Waals surface area contributed by atoms with E-state index in [1.54, 1.807) is 11.3 Å². The summed E-state index contributed by atoms with van der Waals surface area (Å²) < 4.78 is 0. The molecule has 6 heteroatoms. The summed E-state index contributed by atoms with van der Waals surface area (Å²) in [4.78, 5) is 16.2. The van der Waals surface area contributed by atoms with E-state index in [9.17, 15) is 4.79 Å². The highest BCUT2D eigenvalue weighted by molar-refractivity contribution is 7.09. The van der Waals surface area contributed by atoms with E-state index in [0.29, 0.717) is 6.54 Å². The molecule has 0 saturated heterocycles. The first-order chi connectivity index (χ1) is 8.34. The van der Waals surface area contributed by atoms with Gasteiger partial charge in [0.25, 0.3) is 0 Å². The summed E-state index contributed by atoms with van der Waals surface area (Å²) >= 11 is 1.58. The fourth-order valence-corrected chi connectivity index (χ4v) is 2.43. The fourth-order valence-electron chi connectivity index (χ4n) is 1.47. The van der Waals surface area contributed by atoms with Crippen LogP contribution < -0.4 is 11.1 Å². The first kappa shape index (κ1) is 18.4. The van der Waals surface area contributed by atoms with Gasteiger partial charge in [0.2, 0.25) is 5.91 Å². The Hall–Kier alpha value is -0.650. The minimum atomic E-state index is -0.406. The van der Waals surface area contributed by atoms with E-state index in [2.05, 4.69) is 31.1 Å². The molecule has 0 aromatic carbocycles. The quantitative estimate of drug-likeness (QED) is 0.878. The number of hydrogen-bond acceptors (Lipinski definition) is 4. The number of nitrogens with zero attached hydrogens (tertiary/aromatic N) is 1. The Kier molecular flexibility index (Phi) is 7.55. The summed E-state index contributed by atoms with van der Waals surface area (Å²) in [6, 6.07) is -0.406. The SMILES string of the molecule is CCCC(N)C(=O)NCc1nc(C(C)(C)C)cs1.Cl. The number of halogens is 1. The number of nitrogens with one attached hydrogen (secondary N) is 1. The molecule has 1 rings (SSSR count). The van der Waals surface area contributed by atoms with Gasteiger partial charge in [-0.25, -0.2) is 4.98 Å². The van der Waals surface area contributed by atoms with Crippen molar-refractivity contribution in [3.8, 4) is 0 Å². The predicted molar refractivity (Wildman–Crippen MR) is 82.8 cm³/mol. The molecule has 1 heterocycles. The maximum atomic E-state index is 11.7. The zero-order valence-corrected chi connectivity index (χ0v) is 13.7. The maximum Gasteiger partial charge on any atom is 0.237 e. The molecule has 1 amide bonds. The second-order valence-electron chi connectivity index (χ2n) is 5.49. The molecule has 0 radical (unpaired) electrons. The van der Waals surface area contributed by atoms with Crippen LogP contribution in [0.2, 0.25) is 0 Å². The maximum absolute atomic E-state index is 11.7. The van der Waals surface area contributed by atoms with E-state index in [4.69, 9.17) is 5.73 Å². The van der Waals surface area contributed by atoms with Crippen molar-refractivity contribution in [3.05, 3.63) is 16.1 Å². The van der Waals surface area contributed by atoms with Crippen molar-refractivity contribution in [1.29, 1.82) is 0 Å². The van der Waals surface area contributed by atoms with Crippen LogP contribution in [0.15, 0.2) is 5.38 Å². The predicted octanol–water partition coefficient (Wildman–Crippen LogP) is 2.61. The number of hydrogen-bond donors (Lipinski definition) is 2. The van der Waals surface area contributed by atoms with E-state index in [0.717, 1.165) is 23.5 Å². The number of carbonyl (C=O) groups is 1. The van der Waals surface area contributed by atoms with E-state index < -0.39 is 6.04 Å². The Labute approximate surface area is 125 Å². The van der Waals surface area contributed by atoms with Crippen LogP contribution in [0.5, 0.6) is 0 Å². The summed E-state index contributed by atoms with van der Waals surface area (Å²) in [6.07, 6.45) is 1.64. The molecule has 110 valence electrons. The van der Waals surface area contributed by atoms with Crippen LogP contribution in [-0.4, -0.2) is 16.9 Å². The third kappa shape index (κ3) is 5.89. The Morgan fingerprint density at radius 1 is 1.53 bits per heavy atom. The average molecular weight is 306 g/mol. The van der Waals surface area contributed by atoms with Crippen molar-refractivity contribution in [2.45, 2.75) is 58.5 Å². The second kappa shape index (κ2) is 7.82. The van der Waals surface area contributed by atoms with Crippen LogP contribution in [0, 0.1) is 0 Å². The first-order valence-corrected chi connectivity index (χ1v) is 7.20. The lowest BCUT2D eigenvalue weighted by Crippen LogP contribution is -2.40. The number of amides is 1. The minimum absolute atomic E-state index is 0. The first-order valence-electron chi connectivity index (χ1n) is 6.32. The van der Waals surface area contributed by atoms with Gasteiger partial charge in [0.1, 0.15) is 5.01 Å². The van der Waals surface area contributed by atoms with Crippen LogP contribution in [0.4, 0.5) is 0 Å². The molecule has 0 spiro atoms. The molecule has 0 fully saturated rings.